The molecule has 2 heterocycles. The van der Waals surface area contributed by atoms with Gasteiger partial charge in [0, 0.05) is 18.2 Å². The third-order valence-corrected chi connectivity index (χ3v) is 5.57. The first-order valence-electron chi connectivity index (χ1n) is 9.61. The van der Waals surface area contributed by atoms with Gasteiger partial charge in [-0.1, -0.05) is 30.3 Å². The molecule has 2 fully saturated rings. The van der Waals surface area contributed by atoms with E-state index in [0.717, 1.165) is 5.56 Å². The van der Waals surface area contributed by atoms with Crippen LogP contribution in [0.1, 0.15) is 54.5 Å². The van der Waals surface area contributed by atoms with Crippen LogP contribution >= 0.6 is 0 Å². The molecule has 0 aromatic heterocycles. The van der Waals surface area contributed by atoms with Crippen molar-refractivity contribution in [3.63, 3.8) is 0 Å². The van der Waals surface area contributed by atoms with Crippen molar-refractivity contribution in [2.45, 2.75) is 43.9 Å². The van der Waals surface area contributed by atoms with E-state index in [-0.39, 0.29) is 24.2 Å². The van der Waals surface area contributed by atoms with Gasteiger partial charge in [-0.2, -0.15) is 0 Å². The van der Waals surface area contributed by atoms with Gasteiger partial charge < -0.3 is 19.5 Å². The van der Waals surface area contributed by atoms with E-state index >= 15 is 0 Å². The fraction of sp³-hybridized carbons (Fsp3) is 0.409. The van der Waals surface area contributed by atoms with Crippen LogP contribution in [0.4, 0.5) is 5.69 Å². The van der Waals surface area contributed by atoms with E-state index in [9.17, 15) is 4.79 Å². The summed E-state index contributed by atoms with van der Waals surface area (Å²) >= 11 is 0. The SMILES string of the molecule is CC(=O)Oc1ccc(C2Nc3c(C4CC4)cccc3C3OCCOC23)cc1. The minimum absolute atomic E-state index is 0.00548. The van der Waals surface area contributed by atoms with Crippen LogP contribution in [0.2, 0.25) is 0 Å². The standard InChI is InChI=1S/C22H23NO4/c1-13(24)27-16-9-7-15(8-10-16)19-22-21(25-11-12-26-22)18-4-2-3-17(14-5-6-14)20(18)23-19/h2-4,7-10,14,19,21-23H,5-6,11-12H2,1H3. The number of hydrogen-bond acceptors (Lipinski definition) is 5. The molecular weight excluding hydrogens is 342 g/mol. The Morgan fingerprint density at radius 1 is 1.04 bits per heavy atom. The number of nitrogens with one attached hydrogen (secondary N) is 1. The quantitative estimate of drug-likeness (QED) is 0.655. The van der Waals surface area contributed by atoms with E-state index in [1.54, 1.807) is 0 Å². The second-order valence-electron chi connectivity index (χ2n) is 7.50. The number of esters is 1. The van der Waals surface area contributed by atoms with E-state index in [1.807, 2.05) is 24.3 Å². The largest absolute Gasteiger partial charge is 0.427 e. The summed E-state index contributed by atoms with van der Waals surface area (Å²) < 4.78 is 17.5. The van der Waals surface area contributed by atoms with Crippen molar-refractivity contribution in [1.82, 2.24) is 0 Å². The van der Waals surface area contributed by atoms with Gasteiger partial charge in [0.15, 0.2) is 0 Å². The molecule has 5 nitrogen and oxygen atoms in total. The highest BCUT2D eigenvalue weighted by Crippen LogP contribution is 2.51. The fourth-order valence-corrected chi connectivity index (χ4v) is 4.23. The number of benzene rings is 2. The van der Waals surface area contributed by atoms with Crippen LogP contribution in [0.5, 0.6) is 5.75 Å². The molecule has 0 bridgehead atoms. The Balaban J connectivity index is 1.52. The molecular formula is C22H23NO4. The number of fused-ring (bicyclic) bond motifs is 3. The molecule has 5 heteroatoms. The molecule has 0 radical (unpaired) electrons. The predicted molar refractivity (Wildman–Crippen MR) is 101 cm³/mol. The molecule has 3 atom stereocenters. The van der Waals surface area contributed by atoms with Gasteiger partial charge >= 0.3 is 5.97 Å². The molecule has 140 valence electrons. The molecule has 1 N–H and O–H groups in total. The van der Waals surface area contributed by atoms with Crippen molar-refractivity contribution in [2.24, 2.45) is 0 Å². The van der Waals surface area contributed by atoms with E-state index in [2.05, 4.69) is 23.5 Å². The third kappa shape index (κ3) is 3.11. The van der Waals surface area contributed by atoms with Gasteiger partial charge in [-0.15, -0.1) is 0 Å². The monoisotopic (exact) mass is 365 g/mol. The van der Waals surface area contributed by atoms with Crippen molar-refractivity contribution in [3.8, 4) is 5.75 Å². The third-order valence-electron chi connectivity index (χ3n) is 5.57. The lowest BCUT2D eigenvalue weighted by Crippen LogP contribution is -2.43. The number of carbonyl (C=O) groups excluding carboxylic acids is 1. The summed E-state index contributed by atoms with van der Waals surface area (Å²) in [5.74, 6) is 0.893. The van der Waals surface area contributed by atoms with Gasteiger partial charge in [0.05, 0.1) is 19.3 Å². The summed E-state index contributed by atoms with van der Waals surface area (Å²) in [5.41, 5.74) is 4.90. The van der Waals surface area contributed by atoms with Crippen molar-refractivity contribution >= 4 is 11.7 Å². The lowest BCUT2D eigenvalue weighted by Gasteiger charge is -2.43. The lowest BCUT2D eigenvalue weighted by molar-refractivity contribution is -0.151. The second-order valence-corrected chi connectivity index (χ2v) is 7.50. The molecule has 5 rings (SSSR count). The summed E-state index contributed by atoms with van der Waals surface area (Å²) in [6.07, 6.45) is 2.36. The zero-order valence-electron chi connectivity index (χ0n) is 15.3. The topological polar surface area (TPSA) is 56.8 Å². The van der Waals surface area contributed by atoms with Gasteiger partial charge in [0.25, 0.3) is 0 Å². The number of para-hydroxylation sites is 1. The molecule has 1 saturated heterocycles. The van der Waals surface area contributed by atoms with Gasteiger partial charge in [-0.3, -0.25) is 4.79 Å². The van der Waals surface area contributed by atoms with E-state index in [0.29, 0.717) is 24.9 Å². The minimum Gasteiger partial charge on any atom is -0.427 e. The van der Waals surface area contributed by atoms with Gasteiger partial charge in [-0.25, -0.2) is 0 Å². The zero-order chi connectivity index (χ0) is 18.4. The summed E-state index contributed by atoms with van der Waals surface area (Å²) in [4.78, 5) is 11.2. The van der Waals surface area contributed by atoms with Crippen molar-refractivity contribution in [1.29, 1.82) is 0 Å². The Labute approximate surface area is 158 Å². The second kappa shape index (κ2) is 6.66. The molecule has 0 amide bonds. The smallest absolute Gasteiger partial charge is 0.308 e. The number of hydrogen-bond donors (Lipinski definition) is 1. The minimum atomic E-state index is -0.314. The average Bonchev–Trinajstić information content (AvgIpc) is 3.52. The number of rotatable bonds is 3. The van der Waals surface area contributed by atoms with Gasteiger partial charge in [-0.05, 0) is 42.0 Å². The molecule has 2 aromatic rings. The van der Waals surface area contributed by atoms with Crippen LogP contribution < -0.4 is 10.1 Å². The molecule has 2 aromatic carbocycles. The molecule has 3 unspecified atom stereocenters. The summed E-state index contributed by atoms with van der Waals surface area (Å²) in [5, 5.41) is 3.75. The molecule has 1 saturated carbocycles. The number of carbonyl (C=O) groups is 1. The van der Waals surface area contributed by atoms with Crippen LogP contribution in [0.25, 0.3) is 0 Å². The number of ether oxygens (including phenoxy) is 3. The summed E-state index contributed by atoms with van der Waals surface area (Å²) in [7, 11) is 0. The Morgan fingerprint density at radius 3 is 2.52 bits per heavy atom. The Kier molecular flexibility index (Phi) is 4.14. The summed E-state index contributed by atoms with van der Waals surface area (Å²) in [6, 6.07) is 14.2. The normalized spacial score (nSPS) is 26.5. The Bertz CT molecular complexity index is 859. The van der Waals surface area contributed by atoms with E-state index < -0.39 is 0 Å². The highest BCUT2D eigenvalue weighted by molar-refractivity contribution is 5.69. The van der Waals surface area contributed by atoms with E-state index in [4.69, 9.17) is 14.2 Å². The maximum atomic E-state index is 11.2. The molecule has 2 aliphatic heterocycles. The van der Waals surface area contributed by atoms with Crippen molar-refractivity contribution in [2.75, 3.05) is 18.5 Å². The van der Waals surface area contributed by atoms with Gasteiger partial charge in [0.2, 0.25) is 0 Å². The van der Waals surface area contributed by atoms with Crippen molar-refractivity contribution in [3.05, 3.63) is 59.2 Å². The molecule has 0 spiro atoms. The van der Waals surface area contributed by atoms with Gasteiger partial charge in [0.1, 0.15) is 18.0 Å². The maximum absolute atomic E-state index is 11.2. The van der Waals surface area contributed by atoms with E-state index in [1.165, 1.54) is 36.6 Å². The Hall–Kier alpha value is -2.37. The zero-order valence-corrected chi connectivity index (χ0v) is 15.3. The van der Waals surface area contributed by atoms with Crippen molar-refractivity contribution < 1.29 is 19.0 Å². The predicted octanol–water partition coefficient (Wildman–Crippen LogP) is 4.11. The average molecular weight is 365 g/mol. The Morgan fingerprint density at radius 2 is 1.78 bits per heavy atom. The van der Waals surface area contributed by atoms with Crippen LogP contribution in [0, 0.1) is 0 Å². The highest BCUT2D eigenvalue weighted by Gasteiger charge is 2.43. The molecule has 3 aliphatic rings. The highest BCUT2D eigenvalue weighted by atomic mass is 16.6. The maximum Gasteiger partial charge on any atom is 0.308 e. The first kappa shape index (κ1) is 16.8. The number of anilines is 1. The summed E-state index contributed by atoms with van der Waals surface area (Å²) in [6.45, 7) is 2.62. The molecule has 27 heavy (non-hydrogen) atoms. The van der Waals surface area contributed by atoms with Crippen LogP contribution in [-0.4, -0.2) is 25.3 Å². The lowest BCUT2D eigenvalue weighted by atomic mass is 9.85. The van der Waals surface area contributed by atoms with Crippen LogP contribution in [0.15, 0.2) is 42.5 Å². The van der Waals surface area contributed by atoms with Crippen LogP contribution in [-0.2, 0) is 14.3 Å². The fourth-order valence-electron chi connectivity index (χ4n) is 4.23. The molecule has 1 aliphatic carbocycles. The van der Waals surface area contributed by atoms with Crippen LogP contribution in [0.3, 0.4) is 0 Å². The first-order chi connectivity index (χ1) is 13.2. The first-order valence-corrected chi connectivity index (χ1v) is 9.61.